The highest BCUT2D eigenvalue weighted by Gasteiger charge is 2.49. The van der Waals surface area contributed by atoms with Crippen LogP contribution in [0.3, 0.4) is 0 Å². The van der Waals surface area contributed by atoms with Crippen molar-refractivity contribution >= 4 is 0 Å². The lowest BCUT2D eigenvalue weighted by Crippen LogP contribution is -2.43. The molecule has 244 valence electrons. The molecular weight excluding hydrogens is 603 g/mol. The van der Waals surface area contributed by atoms with Crippen LogP contribution in [-0.2, 0) is 22.0 Å². The van der Waals surface area contributed by atoms with Gasteiger partial charge in [0.1, 0.15) is 5.75 Å². The molecule has 2 aromatic rings. The summed E-state index contributed by atoms with van der Waals surface area (Å²) in [7, 11) is 0. The van der Waals surface area contributed by atoms with Gasteiger partial charge in [-0.2, -0.15) is 26.3 Å². The van der Waals surface area contributed by atoms with Crippen molar-refractivity contribution in [2.45, 2.75) is 102 Å². The van der Waals surface area contributed by atoms with Gasteiger partial charge in [0, 0.05) is 12.1 Å². The Kier molecular flexibility index (Phi) is 11.0. The molecule has 0 atom stereocenters. The molecule has 2 aliphatic rings. The third-order valence-corrected chi connectivity index (χ3v) is 8.19. The average Bonchev–Trinajstić information content (AvgIpc) is 2.96. The van der Waals surface area contributed by atoms with Crippen LogP contribution in [0, 0.1) is 29.3 Å². The van der Waals surface area contributed by atoms with E-state index in [2.05, 4.69) is 4.74 Å². The molecule has 0 amide bonds. The fourth-order valence-electron chi connectivity index (χ4n) is 5.68. The minimum absolute atomic E-state index is 0.0278. The number of alkyl halides is 6. The summed E-state index contributed by atoms with van der Waals surface area (Å²) >= 11 is 0. The zero-order valence-electron chi connectivity index (χ0n) is 24.1. The molecule has 2 aliphatic carbocycles. The maximum Gasteiger partial charge on any atom is 0.400 e. The first kappa shape index (κ1) is 34.1. The second-order valence-corrected chi connectivity index (χ2v) is 11.4. The van der Waals surface area contributed by atoms with E-state index < -0.39 is 65.6 Å². The maximum atomic E-state index is 15.0. The molecule has 0 bridgehead atoms. The predicted octanol–water partition coefficient (Wildman–Crippen LogP) is 10.1. The number of allylic oxidation sites excluding steroid dienone is 2. The lowest BCUT2D eigenvalue weighted by Gasteiger charge is -2.38. The fourth-order valence-corrected chi connectivity index (χ4v) is 5.68. The van der Waals surface area contributed by atoms with E-state index in [0.717, 1.165) is 12.0 Å². The Hall–Kier alpha value is -2.73. The molecule has 0 N–H and O–H groups in total. The monoisotopic (exact) mass is 638 g/mol. The molecule has 0 unspecified atom stereocenters. The molecule has 0 spiro atoms. The number of halogens is 9. The lowest BCUT2D eigenvalue weighted by atomic mass is 9.85. The molecule has 0 aliphatic heterocycles. The zero-order chi connectivity index (χ0) is 32.1. The van der Waals surface area contributed by atoms with Crippen LogP contribution in [0.1, 0.15) is 75.8 Å². The largest absolute Gasteiger partial charge is 0.432 e. The van der Waals surface area contributed by atoms with Gasteiger partial charge in [-0.1, -0.05) is 43.3 Å². The van der Waals surface area contributed by atoms with Crippen LogP contribution in [-0.4, -0.2) is 24.4 Å². The maximum absolute atomic E-state index is 15.0. The van der Waals surface area contributed by atoms with Crippen molar-refractivity contribution in [1.29, 1.82) is 0 Å². The van der Waals surface area contributed by atoms with E-state index in [1.54, 1.807) is 12.1 Å². The summed E-state index contributed by atoms with van der Waals surface area (Å²) in [6, 6.07) is 6.37. The van der Waals surface area contributed by atoms with E-state index in [1.807, 2.05) is 19.1 Å². The van der Waals surface area contributed by atoms with Crippen molar-refractivity contribution in [3.8, 4) is 5.75 Å². The van der Waals surface area contributed by atoms with Crippen molar-refractivity contribution in [3.05, 3.63) is 77.1 Å². The summed E-state index contributed by atoms with van der Waals surface area (Å²) in [5.74, 6) is -8.81. The molecule has 2 saturated carbocycles. The third kappa shape index (κ3) is 8.71. The summed E-state index contributed by atoms with van der Waals surface area (Å²) in [6.45, 7) is 1.99. The summed E-state index contributed by atoms with van der Waals surface area (Å²) in [6.07, 6.45) is -8.76. The van der Waals surface area contributed by atoms with Crippen LogP contribution in [0.25, 0.3) is 0 Å². The summed E-state index contributed by atoms with van der Waals surface area (Å²) < 4.78 is 143. The molecule has 0 aromatic heterocycles. The van der Waals surface area contributed by atoms with Crippen LogP contribution in [0.5, 0.6) is 5.75 Å². The van der Waals surface area contributed by atoms with Crippen LogP contribution in [0.2, 0.25) is 0 Å². The Labute approximate surface area is 250 Å². The highest BCUT2D eigenvalue weighted by Crippen LogP contribution is 2.45. The van der Waals surface area contributed by atoms with Gasteiger partial charge in [0.15, 0.2) is 17.5 Å². The van der Waals surface area contributed by atoms with Crippen LogP contribution in [0.15, 0.2) is 48.6 Å². The highest BCUT2D eigenvalue weighted by atomic mass is 19.3. The van der Waals surface area contributed by atoms with Crippen molar-refractivity contribution in [2.75, 3.05) is 0 Å². The number of rotatable bonds is 12. The number of hydrogen-bond acceptors (Lipinski definition) is 3. The highest BCUT2D eigenvalue weighted by molar-refractivity contribution is 5.26. The smallest absolute Gasteiger partial charge is 0.400 e. The van der Waals surface area contributed by atoms with Gasteiger partial charge in [-0.05, 0) is 69.8 Å². The second kappa shape index (κ2) is 14.1. The molecule has 4 rings (SSSR count). The average molecular weight is 639 g/mol. The van der Waals surface area contributed by atoms with Crippen LogP contribution < -0.4 is 4.74 Å². The quantitative estimate of drug-likeness (QED) is 0.132. The summed E-state index contributed by atoms with van der Waals surface area (Å²) in [5.41, 5.74) is 0.547. The van der Waals surface area contributed by atoms with Gasteiger partial charge in [-0.25, -0.2) is 13.2 Å². The van der Waals surface area contributed by atoms with Gasteiger partial charge in [0.25, 0.3) is 0 Å². The van der Waals surface area contributed by atoms with Crippen molar-refractivity contribution in [1.82, 2.24) is 0 Å². The second-order valence-electron chi connectivity index (χ2n) is 11.4. The lowest BCUT2D eigenvalue weighted by molar-refractivity contribution is -0.314. The van der Waals surface area contributed by atoms with E-state index in [4.69, 9.17) is 9.47 Å². The van der Waals surface area contributed by atoms with Gasteiger partial charge >= 0.3 is 18.3 Å². The van der Waals surface area contributed by atoms with Crippen molar-refractivity contribution in [3.63, 3.8) is 0 Å². The molecule has 12 heteroatoms. The first-order chi connectivity index (χ1) is 20.7. The molecule has 2 aromatic carbocycles. The van der Waals surface area contributed by atoms with Crippen LogP contribution in [0.4, 0.5) is 39.5 Å². The topological polar surface area (TPSA) is 27.7 Å². The van der Waals surface area contributed by atoms with Gasteiger partial charge in [-0.15, -0.1) is 0 Å². The van der Waals surface area contributed by atoms with E-state index >= 15 is 8.78 Å². The summed E-state index contributed by atoms with van der Waals surface area (Å²) in [4.78, 5) is 0. The normalized spacial score (nSPS) is 23.7. The molecular formula is C32H35F9O3. The SMILES string of the molecule is CC/C=C\Cc1ccc(C(F)(F)OC2CCC(C(F)(F)OC3CCC(C(F)(F)Oc4cc(F)c(F)c(F)c4)CC3)CC2)cc1. The number of ether oxygens (including phenoxy) is 3. The van der Waals surface area contributed by atoms with Gasteiger partial charge in [0.2, 0.25) is 0 Å². The Morgan fingerprint density at radius 1 is 0.682 bits per heavy atom. The van der Waals surface area contributed by atoms with E-state index in [9.17, 15) is 30.7 Å². The summed E-state index contributed by atoms with van der Waals surface area (Å²) in [5, 5.41) is 0. The van der Waals surface area contributed by atoms with E-state index in [0.29, 0.717) is 18.6 Å². The van der Waals surface area contributed by atoms with Crippen molar-refractivity contribution in [2.24, 2.45) is 11.8 Å². The van der Waals surface area contributed by atoms with Crippen LogP contribution >= 0.6 is 0 Å². The Bertz CT molecular complexity index is 1230. The standard InChI is InChI=1S/C32H35F9O3/c1-2-3-4-5-20-6-8-21(9-7-20)30(36,37)42-24-14-10-22(11-15-24)31(38,39)43-25-16-12-23(13-17-25)32(40,41)44-26-18-27(33)29(35)28(34)19-26/h3-4,6-9,18-19,22-25H,2,5,10-17H2,1H3/b4-3-. The molecule has 3 nitrogen and oxygen atoms in total. The zero-order valence-corrected chi connectivity index (χ0v) is 24.1. The van der Waals surface area contributed by atoms with Gasteiger partial charge < -0.3 is 14.2 Å². The predicted molar refractivity (Wildman–Crippen MR) is 144 cm³/mol. The number of benzene rings is 2. The minimum Gasteiger partial charge on any atom is -0.432 e. The first-order valence-electron chi connectivity index (χ1n) is 14.8. The minimum atomic E-state index is -3.89. The van der Waals surface area contributed by atoms with E-state index in [-0.39, 0.29) is 56.9 Å². The fraction of sp³-hybridized carbons (Fsp3) is 0.562. The number of hydrogen-bond donors (Lipinski definition) is 0. The molecule has 0 saturated heterocycles. The Morgan fingerprint density at radius 2 is 1.18 bits per heavy atom. The Balaban J connectivity index is 1.23. The van der Waals surface area contributed by atoms with Gasteiger partial charge in [-0.3, -0.25) is 0 Å². The third-order valence-electron chi connectivity index (χ3n) is 8.19. The molecule has 0 heterocycles. The molecule has 2 fully saturated rings. The van der Waals surface area contributed by atoms with Crippen molar-refractivity contribution < 1.29 is 53.7 Å². The first-order valence-corrected chi connectivity index (χ1v) is 14.8. The molecule has 0 radical (unpaired) electrons. The van der Waals surface area contributed by atoms with Gasteiger partial charge in [0.05, 0.1) is 29.6 Å². The molecule has 44 heavy (non-hydrogen) atoms. The van der Waals surface area contributed by atoms with E-state index in [1.165, 1.54) is 12.1 Å². The Morgan fingerprint density at radius 3 is 1.70 bits per heavy atom.